The zero-order valence-corrected chi connectivity index (χ0v) is 10.6. The third-order valence-electron chi connectivity index (χ3n) is 2.49. The SMILES string of the molecule is CNC(Cc1cncs1)c1cccc(Cl)c1. The third kappa shape index (κ3) is 2.82. The summed E-state index contributed by atoms with van der Waals surface area (Å²) in [6.45, 7) is 0. The van der Waals surface area contributed by atoms with Gasteiger partial charge in [-0.15, -0.1) is 11.3 Å². The highest BCUT2D eigenvalue weighted by Crippen LogP contribution is 2.22. The van der Waals surface area contributed by atoms with Gasteiger partial charge in [0.1, 0.15) is 0 Å². The predicted octanol–water partition coefficient (Wildman–Crippen LogP) is 3.30. The van der Waals surface area contributed by atoms with Crippen molar-refractivity contribution in [1.29, 1.82) is 0 Å². The number of nitrogens with one attached hydrogen (secondary N) is 1. The van der Waals surface area contributed by atoms with Crippen LogP contribution < -0.4 is 5.32 Å². The minimum absolute atomic E-state index is 0.291. The molecule has 2 rings (SSSR count). The number of nitrogens with zero attached hydrogens (tertiary/aromatic N) is 1. The van der Waals surface area contributed by atoms with E-state index in [1.165, 1.54) is 10.4 Å². The summed E-state index contributed by atoms with van der Waals surface area (Å²) < 4.78 is 0. The molecule has 1 aromatic carbocycles. The van der Waals surface area contributed by atoms with Gasteiger partial charge in [0.2, 0.25) is 0 Å². The molecule has 4 heteroatoms. The molecule has 1 unspecified atom stereocenters. The average Bonchev–Trinajstić information content (AvgIpc) is 2.78. The first-order valence-electron chi connectivity index (χ1n) is 5.09. The van der Waals surface area contributed by atoms with Crippen LogP contribution in [0, 0.1) is 0 Å². The van der Waals surface area contributed by atoms with Crippen LogP contribution in [0.2, 0.25) is 5.02 Å². The smallest absolute Gasteiger partial charge is 0.0794 e. The Kier molecular flexibility index (Phi) is 3.93. The lowest BCUT2D eigenvalue weighted by Gasteiger charge is -2.15. The van der Waals surface area contributed by atoms with E-state index in [9.17, 15) is 0 Å². The number of thiazole rings is 1. The van der Waals surface area contributed by atoms with E-state index >= 15 is 0 Å². The Morgan fingerprint density at radius 2 is 2.38 bits per heavy atom. The van der Waals surface area contributed by atoms with Gasteiger partial charge in [-0.2, -0.15) is 0 Å². The highest BCUT2D eigenvalue weighted by Gasteiger charge is 2.11. The van der Waals surface area contributed by atoms with Crippen LogP contribution in [0.3, 0.4) is 0 Å². The Morgan fingerprint density at radius 3 is 3.00 bits per heavy atom. The van der Waals surface area contributed by atoms with E-state index in [-0.39, 0.29) is 0 Å². The number of hydrogen-bond acceptors (Lipinski definition) is 3. The predicted molar refractivity (Wildman–Crippen MR) is 69.1 cm³/mol. The van der Waals surface area contributed by atoms with E-state index in [4.69, 9.17) is 11.6 Å². The van der Waals surface area contributed by atoms with Gasteiger partial charge >= 0.3 is 0 Å². The number of aromatic nitrogens is 1. The van der Waals surface area contributed by atoms with Crippen molar-refractivity contribution in [2.75, 3.05) is 7.05 Å². The fourth-order valence-corrected chi connectivity index (χ4v) is 2.49. The molecule has 0 radical (unpaired) electrons. The van der Waals surface area contributed by atoms with Gasteiger partial charge in [0.15, 0.2) is 0 Å². The second-order valence-electron chi connectivity index (χ2n) is 3.57. The van der Waals surface area contributed by atoms with Crippen LogP contribution in [-0.4, -0.2) is 12.0 Å². The molecule has 2 nitrogen and oxygen atoms in total. The third-order valence-corrected chi connectivity index (χ3v) is 3.53. The molecule has 0 aliphatic heterocycles. The summed E-state index contributed by atoms with van der Waals surface area (Å²) in [4.78, 5) is 5.36. The van der Waals surface area contributed by atoms with E-state index < -0.39 is 0 Å². The highest BCUT2D eigenvalue weighted by atomic mass is 35.5. The molecular formula is C12H13ClN2S. The van der Waals surface area contributed by atoms with E-state index in [1.807, 2.05) is 37.0 Å². The minimum atomic E-state index is 0.291. The maximum atomic E-state index is 5.99. The highest BCUT2D eigenvalue weighted by molar-refractivity contribution is 7.09. The van der Waals surface area contributed by atoms with E-state index in [0.29, 0.717) is 6.04 Å². The van der Waals surface area contributed by atoms with Crippen molar-refractivity contribution in [2.24, 2.45) is 0 Å². The first-order valence-corrected chi connectivity index (χ1v) is 6.35. The second kappa shape index (κ2) is 5.43. The molecule has 0 amide bonds. The van der Waals surface area contributed by atoms with Crippen molar-refractivity contribution in [3.8, 4) is 0 Å². The van der Waals surface area contributed by atoms with Gasteiger partial charge in [-0.05, 0) is 24.7 Å². The van der Waals surface area contributed by atoms with Gasteiger partial charge in [-0.25, -0.2) is 0 Å². The van der Waals surface area contributed by atoms with Gasteiger partial charge in [0.25, 0.3) is 0 Å². The molecule has 2 aromatic rings. The maximum absolute atomic E-state index is 5.99. The van der Waals surface area contributed by atoms with Crippen molar-refractivity contribution in [2.45, 2.75) is 12.5 Å². The summed E-state index contributed by atoms with van der Waals surface area (Å²) in [6.07, 6.45) is 2.86. The molecule has 1 heterocycles. The quantitative estimate of drug-likeness (QED) is 0.903. The lowest BCUT2D eigenvalue weighted by Crippen LogP contribution is -2.18. The molecule has 0 aliphatic carbocycles. The lowest BCUT2D eigenvalue weighted by molar-refractivity contribution is 0.596. The van der Waals surface area contributed by atoms with Crippen LogP contribution in [0.25, 0.3) is 0 Å². The zero-order valence-electron chi connectivity index (χ0n) is 8.98. The summed E-state index contributed by atoms with van der Waals surface area (Å²) in [5.74, 6) is 0. The largest absolute Gasteiger partial charge is 0.313 e. The van der Waals surface area contributed by atoms with Gasteiger partial charge in [0.05, 0.1) is 5.51 Å². The van der Waals surface area contributed by atoms with Crippen molar-refractivity contribution < 1.29 is 0 Å². The van der Waals surface area contributed by atoms with E-state index in [0.717, 1.165) is 11.4 Å². The summed E-state index contributed by atoms with van der Waals surface area (Å²) >= 11 is 7.67. The summed E-state index contributed by atoms with van der Waals surface area (Å²) in [6, 6.07) is 8.26. The van der Waals surface area contributed by atoms with Gasteiger partial charge in [-0.1, -0.05) is 23.7 Å². The molecule has 0 saturated heterocycles. The Labute approximate surface area is 104 Å². The first-order chi connectivity index (χ1) is 7.79. The maximum Gasteiger partial charge on any atom is 0.0794 e. The second-order valence-corrected chi connectivity index (χ2v) is 4.98. The van der Waals surface area contributed by atoms with Crippen molar-refractivity contribution in [1.82, 2.24) is 10.3 Å². The molecule has 0 fully saturated rings. The topological polar surface area (TPSA) is 24.9 Å². The molecular weight excluding hydrogens is 240 g/mol. The lowest BCUT2D eigenvalue weighted by atomic mass is 10.0. The molecule has 0 bridgehead atoms. The van der Waals surface area contributed by atoms with Crippen LogP contribution in [0.1, 0.15) is 16.5 Å². The fraction of sp³-hybridized carbons (Fsp3) is 0.250. The van der Waals surface area contributed by atoms with Crippen LogP contribution in [-0.2, 0) is 6.42 Å². The Balaban J connectivity index is 2.16. The van der Waals surface area contributed by atoms with Gasteiger partial charge < -0.3 is 5.32 Å². The number of rotatable bonds is 4. The summed E-state index contributed by atoms with van der Waals surface area (Å²) in [5.41, 5.74) is 3.07. The average molecular weight is 253 g/mol. The van der Waals surface area contributed by atoms with E-state index in [2.05, 4.69) is 16.4 Å². The van der Waals surface area contributed by atoms with Crippen LogP contribution >= 0.6 is 22.9 Å². The van der Waals surface area contributed by atoms with Crippen molar-refractivity contribution in [3.05, 3.63) is 51.4 Å². The van der Waals surface area contributed by atoms with Crippen LogP contribution in [0.4, 0.5) is 0 Å². The molecule has 0 saturated carbocycles. The number of benzene rings is 1. The summed E-state index contributed by atoms with van der Waals surface area (Å²) in [5, 5.41) is 4.08. The molecule has 1 N–H and O–H groups in total. The van der Waals surface area contributed by atoms with Crippen molar-refractivity contribution >= 4 is 22.9 Å². The van der Waals surface area contributed by atoms with Gasteiger partial charge in [0, 0.05) is 28.6 Å². The van der Waals surface area contributed by atoms with Crippen LogP contribution in [0.15, 0.2) is 36.0 Å². The Morgan fingerprint density at radius 1 is 1.50 bits per heavy atom. The normalized spacial score (nSPS) is 12.6. The number of hydrogen-bond donors (Lipinski definition) is 1. The Bertz CT molecular complexity index is 442. The van der Waals surface area contributed by atoms with Crippen molar-refractivity contribution in [3.63, 3.8) is 0 Å². The zero-order chi connectivity index (χ0) is 11.4. The minimum Gasteiger partial charge on any atom is -0.313 e. The van der Waals surface area contributed by atoms with Gasteiger partial charge in [-0.3, -0.25) is 4.98 Å². The Hall–Kier alpha value is -0.900. The molecule has 1 atom stereocenters. The van der Waals surface area contributed by atoms with Crippen LogP contribution in [0.5, 0.6) is 0 Å². The molecule has 1 aromatic heterocycles. The van der Waals surface area contributed by atoms with E-state index in [1.54, 1.807) is 11.3 Å². The molecule has 16 heavy (non-hydrogen) atoms. The number of likely N-dealkylation sites (N-methyl/N-ethyl adjacent to an activating group) is 1. The summed E-state index contributed by atoms with van der Waals surface area (Å²) in [7, 11) is 1.96. The molecule has 0 aliphatic rings. The molecule has 84 valence electrons. The fourth-order valence-electron chi connectivity index (χ4n) is 1.65. The monoisotopic (exact) mass is 252 g/mol. The first kappa shape index (κ1) is 11.6. The molecule has 0 spiro atoms. The standard InChI is InChI=1S/C12H13ClN2S/c1-14-12(6-11-7-15-8-16-11)9-3-2-4-10(13)5-9/h2-5,7-8,12,14H,6H2,1H3. The number of halogens is 1.